The van der Waals surface area contributed by atoms with Gasteiger partial charge in [-0.25, -0.2) is 0 Å². The van der Waals surface area contributed by atoms with Crippen LogP contribution in [0.5, 0.6) is 0 Å². The van der Waals surface area contributed by atoms with E-state index in [2.05, 4.69) is 19.9 Å². The molecular formula is C23H32O5. The third kappa shape index (κ3) is 2.93. The van der Waals surface area contributed by atoms with Crippen molar-refractivity contribution >= 4 is 17.7 Å². The summed E-state index contributed by atoms with van der Waals surface area (Å²) in [5.74, 6) is 0.861. The van der Waals surface area contributed by atoms with Crippen LogP contribution in [-0.2, 0) is 23.9 Å². The van der Waals surface area contributed by atoms with Gasteiger partial charge in [-0.2, -0.15) is 0 Å². The van der Waals surface area contributed by atoms with E-state index in [4.69, 9.17) is 9.47 Å². The van der Waals surface area contributed by atoms with Crippen molar-refractivity contribution in [3.05, 3.63) is 11.6 Å². The van der Waals surface area contributed by atoms with Crippen LogP contribution in [0.2, 0.25) is 0 Å². The van der Waals surface area contributed by atoms with Crippen LogP contribution in [0, 0.1) is 28.6 Å². The van der Waals surface area contributed by atoms with E-state index >= 15 is 0 Å². The molecule has 4 aliphatic carbocycles. The molecule has 4 rings (SSSR count). The van der Waals surface area contributed by atoms with Gasteiger partial charge in [0, 0.05) is 25.7 Å². The molecule has 0 aromatic rings. The van der Waals surface area contributed by atoms with E-state index in [1.807, 2.05) is 0 Å². The smallest absolute Gasteiger partial charge is 0.303 e. The Bertz CT molecular complexity index is 739. The van der Waals surface area contributed by atoms with E-state index in [1.165, 1.54) is 19.4 Å². The van der Waals surface area contributed by atoms with Crippen LogP contribution in [0.3, 0.4) is 0 Å². The summed E-state index contributed by atoms with van der Waals surface area (Å²) in [6, 6.07) is 0. The van der Waals surface area contributed by atoms with Crippen molar-refractivity contribution < 1.29 is 23.9 Å². The van der Waals surface area contributed by atoms with E-state index in [1.54, 1.807) is 0 Å². The lowest BCUT2D eigenvalue weighted by Crippen LogP contribution is -2.50. The number of fused-ring (bicyclic) bond motifs is 5. The van der Waals surface area contributed by atoms with Gasteiger partial charge in [0.05, 0.1) is 0 Å². The molecule has 7 atom stereocenters. The predicted molar refractivity (Wildman–Crippen MR) is 103 cm³/mol. The molecule has 0 saturated heterocycles. The zero-order valence-electron chi connectivity index (χ0n) is 17.5. The molecule has 0 bridgehead atoms. The molecule has 0 spiro atoms. The third-order valence-corrected chi connectivity index (χ3v) is 8.41. The maximum atomic E-state index is 13.0. The summed E-state index contributed by atoms with van der Waals surface area (Å²) in [6.45, 7) is 7.35. The average molecular weight is 389 g/mol. The number of esters is 2. The summed E-state index contributed by atoms with van der Waals surface area (Å²) in [6.07, 6.45) is 8.16. The van der Waals surface area contributed by atoms with Crippen LogP contribution < -0.4 is 0 Å². The fourth-order valence-electron chi connectivity index (χ4n) is 7.03. The lowest BCUT2D eigenvalue weighted by Gasteiger charge is -2.56. The Hall–Kier alpha value is -1.65. The Morgan fingerprint density at radius 1 is 1.00 bits per heavy atom. The highest BCUT2D eigenvalue weighted by atomic mass is 16.5. The molecule has 28 heavy (non-hydrogen) atoms. The van der Waals surface area contributed by atoms with E-state index in [9.17, 15) is 14.4 Å². The molecule has 3 saturated carbocycles. The molecule has 5 heteroatoms. The fourth-order valence-corrected chi connectivity index (χ4v) is 7.03. The molecule has 0 amide bonds. The van der Waals surface area contributed by atoms with Crippen LogP contribution >= 0.6 is 0 Å². The third-order valence-electron chi connectivity index (χ3n) is 8.41. The SMILES string of the molecule is CC(=O)O[C@H]1CC[C@@]2(C)C(=CC[C@H]3C4C[C@@H](OC(C)=O)C(=O)[C@@]4(C)CC[C@@H]32)C1. The summed E-state index contributed by atoms with van der Waals surface area (Å²) in [4.78, 5) is 35.9. The minimum Gasteiger partial charge on any atom is -0.462 e. The number of Topliss-reactive ketones (excluding diaryl/α,β-unsaturated/α-hetero) is 1. The highest BCUT2D eigenvalue weighted by molar-refractivity contribution is 5.92. The van der Waals surface area contributed by atoms with Gasteiger partial charge in [0.1, 0.15) is 6.10 Å². The molecule has 0 aliphatic heterocycles. The van der Waals surface area contributed by atoms with Crippen LogP contribution in [0.1, 0.15) is 72.6 Å². The first-order valence-corrected chi connectivity index (χ1v) is 10.7. The Labute approximate surface area is 167 Å². The molecule has 3 fully saturated rings. The van der Waals surface area contributed by atoms with Gasteiger partial charge >= 0.3 is 11.9 Å². The van der Waals surface area contributed by atoms with Crippen molar-refractivity contribution in [3.8, 4) is 0 Å². The fraction of sp³-hybridized carbons (Fsp3) is 0.783. The van der Waals surface area contributed by atoms with Gasteiger partial charge in [-0.05, 0) is 61.7 Å². The van der Waals surface area contributed by atoms with Crippen LogP contribution in [-0.4, -0.2) is 29.9 Å². The molecule has 0 radical (unpaired) electrons. The molecule has 0 heterocycles. The van der Waals surface area contributed by atoms with E-state index < -0.39 is 6.10 Å². The summed E-state index contributed by atoms with van der Waals surface area (Å²) in [5, 5.41) is 0. The van der Waals surface area contributed by atoms with Gasteiger partial charge in [-0.3, -0.25) is 14.4 Å². The first kappa shape index (κ1) is 19.7. The number of hydrogen-bond donors (Lipinski definition) is 0. The summed E-state index contributed by atoms with van der Waals surface area (Å²) in [5.41, 5.74) is 1.21. The minimum atomic E-state index is -0.566. The minimum absolute atomic E-state index is 0.00337. The van der Waals surface area contributed by atoms with Crippen molar-refractivity contribution in [1.29, 1.82) is 0 Å². The monoisotopic (exact) mass is 388 g/mol. The van der Waals surface area contributed by atoms with E-state index in [-0.39, 0.29) is 40.6 Å². The van der Waals surface area contributed by atoms with Crippen molar-refractivity contribution in [2.45, 2.75) is 84.8 Å². The molecule has 154 valence electrons. The number of carbonyl (C=O) groups excluding carboxylic acids is 3. The second-order valence-corrected chi connectivity index (χ2v) is 9.89. The molecule has 5 nitrogen and oxygen atoms in total. The molecule has 0 N–H and O–H groups in total. The predicted octanol–water partition coefficient (Wildman–Crippen LogP) is 3.99. The van der Waals surface area contributed by atoms with Crippen molar-refractivity contribution in [1.82, 2.24) is 0 Å². The standard InChI is InChI=1S/C23H32O5/c1-13(24)27-16-7-9-22(3)15(11-16)5-6-17-18(22)8-10-23(4)19(17)12-20(21(23)26)28-14(2)25/h5,16-20H,6-12H2,1-4H3/t16-,17+,18-,19?,20+,22-,23-/m0/s1. The van der Waals surface area contributed by atoms with Crippen LogP contribution in [0.4, 0.5) is 0 Å². The maximum absolute atomic E-state index is 13.0. The first-order valence-electron chi connectivity index (χ1n) is 10.7. The second-order valence-electron chi connectivity index (χ2n) is 9.89. The largest absolute Gasteiger partial charge is 0.462 e. The zero-order chi connectivity index (χ0) is 20.3. The van der Waals surface area contributed by atoms with Crippen LogP contribution in [0.25, 0.3) is 0 Å². The first-order chi connectivity index (χ1) is 13.1. The van der Waals surface area contributed by atoms with E-state index in [0.717, 1.165) is 38.5 Å². The molecular weight excluding hydrogens is 356 g/mol. The lowest BCUT2D eigenvalue weighted by molar-refractivity contribution is -0.153. The average Bonchev–Trinajstić information content (AvgIpc) is 2.86. The second kappa shape index (κ2) is 6.70. The normalized spacial score (nSPS) is 44.6. The van der Waals surface area contributed by atoms with Crippen LogP contribution in [0.15, 0.2) is 11.6 Å². The van der Waals surface area contributed by atoms with E-state index in [0.29, 0.717) is 18.3 Å². The number of rotatable bonds is 2. The highest BCUT2D eigenvalue weighted by Crippen LogP contribution is 2.64. The number of ether oxygens (including phenoxy) is 2. The Morgan fingerprint density at radius 2 is 1.68 bits per heavy atom. The summed E-state index contributed by atoms with van der Waals surface area (Å²) < 4.78 is 10.9. The van der Waals surface area contributed by atoms with Gasteiger partial charge in [-0.1, -0.05) is 25.5 Å². The van der Waals surface area contributed by atoms with Crippen molar-refractivity contribution in [2.75, 3.05) is 0 Å². The summed E-state index contributed by atoms with van der Waals surface area (Å²) in [7, 11) is 0. The number of carbonyl (C=O) groups is 3. The summed E-state index contributed by atoms with van der Waals surface area (Å²) >= 11 is 0. The molecule has 0 aromatic carbocycles. The van der Waals surface area contributed by atoms with Crippen molar-refractivity contribution in [3.63, 3.8) is 0 Å². The van der Waals surface area contributed by atoms with Crippen molar-refractivity contribution in [2.24, 2.45) is 28.6 Å². The van der Waals surface area contributed by atoms with Gasteiger partial charge in [0.2, 0.25) is 0 Å². The number of hydrogen-bond acceptors (Lipinski definition) is 5. The quantitative estimate of drug-likeness (QED) is 0.528. The Kier molecular flexibility index (Phi) is 4.71. The lowest BCUT2D eigenvalue weighted by atomic mass is 9.48. The molecule has 1 unspecified atom stereocenters. The van der Waals surface area contributed by atoms with Gasteiger partial charge < -0.3 is 9.47 Å². The Morgan fingerprint density at radius 3 is 2.36 bits per heavy atom. The topological polar surface area (TPSA) is 69.7 Å². The number of ketones is 1. The van der Waals surface area contributed by atoms with Gasteiger partial charge in [0.15, 0.2) is 11.9 Å². The Balaban J connectivity index is 1.58. The molecule has 4 aliphatic rings. The van der Waals surface area contributed by atoms with Gasteiger partial charge in [-0.15, -0.1) is 0 Å². The molecule has 0 aromatic heterocycles. The zero-order valence-corrected chi connectivity index (χ0v) is 17.5. The maximum Gasteiger partial charge on any atom is 0.303 e. The highest BCUT2D eigenvalue weighted by Gasteiger charge is 2.62. The number of allylic oxidation sites excluding steroid dienone is 1. The van der Waals surface area contributed by atoms with Gasteiger partial charge in [0.25, 0.3) is 0 Å².